The highest BCUT2D eigenvalue weighted by molar-refractivity contribution is 5.93. The largest absolute Gasteiger partial charge is 0.484 e. The molecule has 7 heteroatoms. The van der Waals surface area contributed by atoms with Gasteiger partial charge in [-0.05, 0) is 36.4 Å². The van der Waals surface area contributed by atoms with Crippen LogP contribution < -0.4 is 15.4 Å². The minimum atomic E-state index is -1.04. The minimum absolute atomic E-state index is 0.0556. The number of anilines is 2. The highest BCUT2D eigenvalue weighted by atomic mass is 19.2. The van der Waals surface area contributed by atoms with E-state index in [4.69, 9.17) is 4.74 Å². The van der Waals surface area contributed by atoms with Gasteiger partial charge in [-0.15, -0.1) is 0 Å². The van der Waals surface area contributed by atoms with Gasteiger partial charge in [0, 0.05) is 24.4 Å². The first-order valence-electron chi connectivity index (χ1n) is 6.69. The molecule has 2 amide bonds. The smallest absolute Gasteiger partial charge is 0.262 e. The maximum atomic E-state index is 13.0. The summed E-state index contributed by atoms with van der Waals surface area (Å²) in [5, 5.41) is 5.17. The molecule has 0 saturated carbocycles. The van der Waals surface area contributed by atoms with Crippen molar-refractivity contribution in [3.8, 4) is 5.75 Å². The van der Waals surface area contributed by atoms with E-state index in [-0.39, 0.29) is 18.3 Å². The molecule has 2 aromatic carbocycles. The SMILES string of the molecule is CC(=O)Nc1ccc(NC(=O)COc2ccc(F)c(F)c2)cc1. The van der Waals surface area contributed by atoms with Crippen molar-refractivity contribution in [3.63, 3.8) is 0 Å². The Kier molecular flexibility index (Phi) is 5.24. The third-order valence-electron chi connectivity index (χ3n) is 2.75. The van der Waals surface area contributed by atoms with Crippen molar-refractivity contribution in [1.82, 2.24) is 0 Å². The number of amides is 2. The lowest BCUT2D eigenvalue weighted by Crippen LogP contribution is -2.20. The van der Waals surface area contributed by atoms with Crippen LogP contribution in [0.4, 0.5) is 20.2 Å². The summed E-state index contributed by atoms with van der Waals surface area (Å²) in [5.74, 6) is -2.62. The number of carbonyl (C=O) groups excluding carboxylic acids is 2. The van der Waals surface area contributed by atoms with E-state index in [2.05, 4.69) is 10.6 Å². The van der Waals surface area contributed by atoms with Crippen LogP contribution in [0.1, 0.15) is 6.92 Å². The molecule has 0 bridgehead atoms. The lowest BCUT2D eigenvalue weighted by Gasteiger charge is -2.08. The summed E-state index contributed by atoms with van der Waals surface area (Å²) in [7, 11) is 0. The maximum Gasteiger partial charge on any atom is 0.262 e. The zero-order chi connectivity index (χ0) is 16.8. The fourth-order valence-corrected chi connectivity index (χ4v) is 1.75. The van der Waals surface area contributed by atoms with Crippen molar-refractivity contribution >= 4 is 23.2 Å². The molecular formula is C16H14F2N2O3. The molecule has 2 aromatic rings. The zero-order valence-electron chi connectivity index (χ0n) is 12.2. The number of ether oxygens (including phenoxy) is 1. The Morgan fingerprint density at radius 2 is 1.57 bits per heavy atom. The molecule has 5 nitrogen and oxygen atoms in total. The number of carbonyl (C=O) groups is 2. The molecule has 0 aliphatic rings. The Bertz CT molecular complexity index is 718. The summed E-state index contributed by atoms with van der Waals surface area (Å²) in [5.41, 5.74) is 1.12. The predicted molar refractivity (Wildman–Crippen MR) is 81.2 cm³/mol. The zero-order valence-corrected chi connectivity index (χ0v) is 12.2. The second-order valence-corrected chi connectivity index (χ2v) is 4.67. The Hall–Kier alpha value is -2.96. The average molecular weight is 320 g/mol. The summed E-state index contributed by atoms with van der Waals surface area (Å²) in [6.07, 6.45) is 0. The lowest BCUT2D eigenvalue weighted by atomic mass is 10.2. The summed E-state index contributed by atoms with van der Waals surface area (Å²) >= 11 is 0. The van der Waals surface area contributed by atoms with Gasteiger partial charge in [0.25, 0.3) is 5.91 Å². The maximum absolute atomic E-state index is 13.0. The quantitative estimate of drug-likeness (QED) is 0.890. The first kappa shape index (κ1) is 16.4. The van der Waals surface area contributed by atoms with Crippen molar-refractivity contribution in [1.29, 1.82) is 0 Å². The second kappa shape index (κ2) is 7.35. The number of halogens is 2. The predicted octanol–water partition coefficient (Wildman–Crippen LogP) is 2.94. The van der Waals surface area contributed by atoms with Gasteiger partial charge in [-0.25, -0.2) is 8.78 Å². The molecule has 0 atom stereocenters. The fraction of sp³-hybridized carbons (Fsp3) is 0.125. The topological polar surface area (TPSA) is 67.4 Å². The van der Waals surface area contributed by atoms with Crippen LogP contribution in [0.15, 0.2) is 42.5 Å². The molecule has 120 valence electrons. The van der Waals surface area contributed by atoms with Gasteiger partial charge in [-0.1, -0.05) is 0 Å². The number of hydrogen-bond donors (Lipinski definition) is 2. The molecule has 2 rings (SSSR count). The molecule has 0 radical (unpaired) electrons. The van der Waals surface area contributed by atoms with Crippen LogP contribution in [-0.4, -0.2) is 18.4 Å². The van der Waals surface area contributed by atoms with E-state index >= 15 is 0 Å². The van der Waals surface area contributed by atoms with Gasteiger partial charge in [-0.3, -0.25) is 9.59 Å². The van der Waals surface area contributed by atoms with Crippen LogP contribution in [0.2, 0.25) is 0 Å². The number of rotatable bonds is 5. The Balaban J connectivity index is 1.86. The van der Waals surface area contributed by atoms with Gasteiger partial charge in [0.1, 0.15) is 5.75 Å². The molecule has 0 unspecified atom stereocenters. The van der Waals surface area contributed by atoms with Gasteiger partial charge < -0.3 is 15.4 Å². The standard InChI is InChI=1S/C16H14F2N2O3/c1-10(21)19-11-2-4-12(5-3-11)20-16(22)9-23-13-6-7-14(17)15(18)8-13/h2-8H,9H2,1H3,(H,19,21)(H,20,22). The number of hydrogen-bond acceptors (Lipinski definition) is 3. The molecule has 0 aliphatic heterocycles. The van der Waals surface area contributed by atoms with Crippen molar-refractivity contribution in [3.05, 3.63) is 54.1 Å². The van der Waals surface area contributed by atoms with Gasteiger partial charge in [-0.2, -0.15) is 0 Å². The minimum Gasteiger partial charge on any atom is -0.484 e. The number of benzene rings is 2. The lowest BCUT2D eigenvalue weighted by molar-refractivity contribution is -0.118. The highest BCUT2D eigenvalue weighted by Gasteiger charge is 2.07. The molecule has 0 aromatic heterocycles. The molecular weight excluding hydrogens is 306 g/mol. The van der Waals surface area contributed by atoms with Crippen molar-refractivity contribution in [2.24, 2.45) is 0 Å². The van der Waals surface area contributed by atoms with Crippen LogP contribution in [-0.2, 0) is 9.59 Å². The van der Waals surface area contributed by atoms with Crippen molar-refractivity contribution < 1.29 is 23.1 Å². The summed E-state index contributed by atoms with van der Waals surface area (Å²) in [4.78, 5) is 22.6. The van der Waals surface area contributed by atoms with Crippen molar-refractivity contribution in [2.45, 2.75) is 6.92 Å². The third-order valence-corrected chi connectivity index (χ3v) is 2.75. The van der Waals surface area contributed by atoms with Crippen LogP contribution in [0.25, 0.3) is 0 Å². The highest BCUT2D eigenvalue weighted by Crippen LogP contribution is 2.16. The average Bonchev–Trinajstić information content (AvgIpc) is 2.50. The molecule has 23 heavy (non-hydrogen) atoms. The summed E-state index contributed by atoms with van der Waals surface area (Å²) in [6, 6.07) is 9.50. The third kappa shape index (κ3) is 5.06. The first-order valence-corrected chi connectivity index (χ1v) is 6.69. The molecule has 0 saturated heterocycles. The van der Waals surface area contributed by atoms with Crippen LogP contribution in [0.3, 0.4) is 0 Å². The summed E-state index contributed by atoms with van der Waals surface area (Å²) in [6.45, 7) is 1.05. The van der Waals surface area contributed by atoms with E-state index in [1.54, 1.807) is 24.3 Å². The van der Waals surface area contributed by atoms with Gasteiger partial charge in [0.2, 0.25) is 5.91 Å². The van der Waals surface area contributed by atoms with E-state index in [0.717, 1.165) is 12.1 Å². The fourth-order valence-electron chi connectivity index (χ4n) is 1.75. The molecule has 0 aliphatic carbocycles. The summed E-state index contributed by atoms with van der Waals surface area (Å²) < 4.78 is 30.8. The molecule has 0 heterocycles. The van der Waals surface area contributed by atoms with Crippen LogP contribution in [0.5, 0.6) is 5.75 Å². The Morgan fingerprint density at radius 3 is 2.13 bits per heavy atom. The van der Waals surface area contributed by atoms with Crippen LogP contribution in [0, 0.1) is 11.6 Å². The van der Waals surface area contributed by atoms with Crippen LogP contribution >= 0.6 is 0 Å². The van der Waals surface area contributed by atoms with E-state index in [1.807, 2.05) is 0 Å². The molecule has 0 fully saturated rings. The normalized spacial score (nSPS) is 10.0. The van der Waals surface area contributed by atoms with Gasteiger partial charge in [0.05, 0.1) is 0 Å². The van der Waals surface area contributed by atoms with E-state index in [9.17, 15) is 18.4 Å². The van der Waals surface area contributed by atoms with E-state index < -0.39 is 17.5 Å². The first-order chi connectivity index (χ1) is 10.9. The Morgan fingerprint density at radius 1 is 0.957 bits per heavy atom. The van der Waals surface area contributed by atoms with E-state index in [0.29, 0.717) is 11.4 Å². The van der Waals surface area contributed by atoms with Gasteiger partial charge in [0.15, 0.2) is 18.2 Å². The second-order valence-electron chi connectivity index (χ2n) is 4.67. The van der Waals surface area contributed by atoms with E-state index in [1.165, 1.54) is 13.0 Å². The van der Waals surface area contributed by atoms with Crippen molar-refractivity contribution in [2.75, 3.05) is 17.2 Å². The molecule has 0 spiro atoms. The number of nitrogens with one attached hydrogen (secondary N) is 2. The van der Waals surface area contributed by atoms with Gasteiger partial charge >= 0.3 is 0 Å². The monoisotopic (exact) mass is 320 g/mol. The molecule has 2 N–H and O–H groups in total. The Labute approximate surface area is 131 Å².